The zero-order chi connectivity index (χ0) is 13.3. The minimum atomic E-state index is 0.525. The van der Waals surface area contributed by atoms with Crippen molar-refractivity contribution in [1.29, 1.82) is 0 Å². The van der Waals surface area contributed by atoms with Crippen molar-refractivity contribution in [1.82, 2.24) is 0 Å². The van der Waals surface area contributed by atoms with Crippen molar-refractivity contribution < 1.29 is 4.74 Å². The Morgan fingerprint density at radius 1 is 0.895 bits per heavy atom. The summed E-state index contributed by atoms with van der Waals surface area (Å²) in [4.78, 5) is 0. The van der Waals surface area contributed by atoms with Gasteiger partial charge in [-0.1, -0.05) is 76.6 Å². The molecule has 0 saturated carbocycles. The van der Waals surface area contributed by atoms with Gasteiger partial charge in [0, 0.05) is 11.9 Å². The first-order valence-electron chi connectivity index (χ1n) is 6.62. The molecule has 2 rings (SSSR count). The van der Waals surface area contributed by atoms with Crippen LogP contribution in [-0.4, -0.2) is 11.9 Å². The highest BCUT2D eigenvalue weighted by Gasteiger charge is 2.09. The summed E-state index contributed by atoms with van der Waals surface area (Å²) in [6, 6.07) is 20.9. The lowest BCUT2D eigenvalue weighted by molar-refractivity contribution is 0.115. The van der Waals surface area contributed by atoms with E-state index in [1.165, 1.54) is 11.1 Å². The van der Waals surface area contributed by atoms with Gasteiger partial charge in [0.1, 0.15) is 0 Å². The second-order valence-electron chi connectivity index (χ2n) is 4.59. The second-order valence-corrected chi connectivity index (χ2v) is 5.24. The topological polar surface area (TPSA) is 9.23 Å². The minimum absolute atomic E-state index is 0.525. The number of benzene rings is 2. The van der Waals surface area contributed by atoms with Gasteiger partial charge in [-0.15, -0.1) is 0 Å². The summed E-state index contributed by atoms with van der Waals surface area (Å²) in [5.41, 5.74) is 2.61. The zero-order valence-electron chi connectivity index (χ0n) is 11.0. The zero-order valence-corrected chi connectivity index (χ0v) is 12.6. The Morgan fingerprint density at radius 3 is 2.16 bits per heavy atom. The van der Waals surface area contributed by atoms with Crippen LogP contribution >= 0.6 is 15.9 Å². The number of hydrogen-bond donors (Lipinski definition) is 0. The standard InChI is InChI=1S/C17H19BrO/c18-13-17(16-9-5-2-6-10-16)11-12-19-14-15-7-3-1-4-8-15/h1-10,17H,11-14H2. The molecule has 19 heavy (non-hydrogen) atoms. The SMILES string of the molecule is BrCC(CCOCc1ccccc1)c1ccccc1. The molecule has 0 aliphatic carbocycles. The lowest BCUT2D eigenvalue weighted by Gasteiger charge is -2.14. The highest BCUT2D eigenvalue weighted by Crippen LogP contribution is 2.21. The predicted molar refractivity (Wildman–Crippen MR) is 83.7 cm³/mol. The molecular weight excluding hydrogens is 300 g/mol. The molecule has 100 valence electrons. The molecule has 1 unspecified atom stereocenters. The van der Waals surface area contributed by atoms with Crippen molar-refractivity contribution in [3.8, 4) is 0 Å². The Hall–Kier alpha value is -1.12. The highest BCUT2D eigenvalue weighted by atomic mass is 79.9. The summed E-state index contributed by atoms with van der Waals surface area (Å²) in [6.07, 6.45) is 1.04. The van der Waals surface area contributed by atoms with E-state index in [0.717, 1.165) is 18.4 Å². The first kappa shape index (κ1) is 14.3. The van der Waals surface area contributed by atoms with Crippen LogP contribution in [0.15, 0.2) is 60.7 Å². The Kier molecular flexibility index (Phi) is 6.12. The van der Waals surface area contributed by atoms with Gasteiger partial charge in [0.05, 0.1) is 6.61 Å². The van der Waals surface area contributed by atoms with Crippen LogP contribution in [-0.2, 0) is 11.3 Å². The lowest BCUT2D eigenvalue weighted by Crippen LogP contribution is -2.05. The van der Waals surface area contributed by atoms with E-state index in [-0.39, 0.29) is 0 Å². The van der Waals surface area contributed by atoms with Gasteiger partial charge in [0.15, 0.2) is 0 Å². The molecule has 0 radical (unpaired) electrons. The molecular formula is C17H19BrO. The molecule has 0 N–H and O–H groups in total. The normalized spacial score (nSPS) is 12.3. The molecule has 0 aliphatic rings. The Bertz CT molecular complexity index is 455. The molecule has 0 heterocycles. The van der Waals surface area contributed by atoms with Crippen LogP contribution in [0, 0.1) is 0 Å². The number of ether oxygens (including phenoxy) is 1. The third kappa shape index (κ3) is 4.81. The van der Waals surface area contributed by atoms with Gasteiger partial charge in [0.25, 0.3) is 0 Å². The first-order valence-corrected chi connectivity index (χ1v) is 7.75. The minimum Gasteiger partial charge on any atom is -0.377 e. The monoisotopic (exact) mass is 318 g/mol. The van der Waals surface area contributed by atoms with Gasteiger partial charge in [-0.2, -0.15) is 0 Å². The van der Waals surface area contributed by atoms with Crippen LogP contribution in [0.4, 0.5) is 0 Å². The maximum atomic E-state index is 5.75. The van der Waals surface area contributed by atoms with E-state index in [0.29, 0.717) is 12.5 Å². The van der Waals surface area contributed by atoms with Crippen molar-refractivity contribution in [2.75, 3.05) is 11.9 Å². The fourth-order valence-electron chi connectivity index (χ4n) is 2.05. The third-order valence-electron chi connectivity index (χ3n) is 3.18. The van der Waals surface area contributed by atoms with E-state index in [1.54, 1.807) is 0 Å². The van der Waals surface area contributed by atoms with Gasteiger partial charge >= 0.3 is 0 Å². The van der Waals surface area contributed by atoms with Crippen LogP contribution in [0.2, 0.25) is 0 Å². The molecule has 0 saturated heterocycles. The second kappa shape index (κ2) is 8.13. The fraction of sp³-hybridized carbons (Fsp3) is 0.294. The molecule has 1 nitrogen and oxygen atoms in total. The molecule has 0 amide bonds. The van der Waals surface area contributed by atoms with Crippen LogP contribution in [0.25, 0.3) is 0 Å². The number of alkyl halides is 1. The maximum absolute atomic E-state index is 5.75. The van der Waals surface area contributed by atoms with Gasteiger partial charge in [0.2, 0.25) is 0 Å². The molecule has 0 bridgehead atoms. The molecule has 0 fully saturated rings. The van der Waals surface area contributed by atoms with Crippen molar-refractivity contribution >= 4 is 15.9 Å². The van der Waals surface area contributed by atoms with E-state index in [9.17, 15) is 0 Å². The Balaban J connectivity index is 1.75. The van der Waals surface area contributed by atoms with Crippen molar-refractivity contribution in [2.45, 2.75) is 18.9 Å². The summed E-state index contributed by atoms with van der Waals surface area (Å²) in [5, 5.41) is 0.978. The number of halogens is 1. The number of hydrogen-bond acceptors (Lipinski definition) is 1. The largest absolute Gasteiger partial charge is 0.377 e. The first-order chi connectivity index (χ1) is 9.40. The maximum Gasteiger partial charge on any atom is 0.0716 e. The average Bonchev–Trinajstić information content (AvgIpc) is 2.49. The molecule has 0 aliphatic heterocycles. The average molecular weight is 319 g/mol. The third-order valence-corrected chi connectivity index (χ3v) is 3.96. The van der Waals surface area contributed by atoms with Gasteiger partial charge in [-0.25, -0.2) is 0 Å². The van der Waals surface area contributed by atoms with Gasteiger partial charge in [-0.3, -0.25) is 0 Å². The van der Waals surface area contributed by atoms with Gasteiger partial charge < -0.3 is 4.74 Å². The van der Waals surface area contributed by atoms with E-state index >= 15 is 0 Å². The molecule has 0 spiro atoms. The molecule has 2 aromatic rings. The Labute approximate surface area is 123 Å². The van der Waals surface area contributed by atoms with Crippen molar-refractivity contribution in [2.24, 2.45) is 0 Å². The summed E-state index contributed by atoms with van der Waals surface area (Å²) >= 11 is 3.59. The van der Waals surface area contributed by atoms with E-state index < -0.39 is 0 Å². The predicted octanol–water partition coefficient (Wildman–Crippen LogP) is 4.77. The summed E-state index contributed by atoms with van der Waals surface area (Å²) in [6.45, 7) is 1.49. The molecule has 2 aromatic carbocycles. The Morgan fingerprint density at radius 2 is 1.53 bits per heavy atom. The quantitative estimate of drug-likeness (QED) is 0.527. The van der Waals surface area contributed by atoms with E-state index in [2.05, 4.69) is 58.4 Å². The summed E-state index contributed by atoms with van der Waals surface area (Å²) in [5.74, 6) is 0.525. The van der Waals surface area contributed by atoms with E-state index in [1.807, 2.05) is 18.2 Å². The van der Waals surface area contributed by atoms with Crippen molar-refractivity contribution in [3.05, 3.63) is 71.8 Å². The van der Waals surface area contributed by atoms with Crippen molar-refractivity contribution in [3.63, 3.8) is 0 Å². The van der Waals surface area contributed by atoms with Crippen LogP contribution < -0.4 is 0 Å². The summed E-state index contributed by atoms with van der Waals surface area (Å²) in [7, 11) is 0. The summed E-state index contributed by atoms with van der Waals surface area (Å²) < 4.78 is 5.75. The highest BCUT2D eigenvalue weighted by molar-refractivity contribution is 9.09. The smallest absolute Gasteiger partial charge is 0.0716 e. The fourth-order valence-corrected chi connectivity index (χ4v) is 2.75. The van der Waals surface area contributed by atoms with Gasteiger partial charge in [-0.05, 0) is 23.5 Å². The molecule has 1 atom stereocenters. The molecule has 2 heteroatoms. The lowest BCUT2D eigenvalue weighted by atomic mass is 9.98. The van der Waals surface area contributed by atoms with E-state index in [4.69, 9.17) is 4.74 Å². The van der Waals surface area contributed by atoms with Crippen LogP contribution in [0.1, 0.15) is 23.5 Å². The number of rotatable bonds is 7. The van der Waals surface area contributed by atoms with Crippen LogP contribution in [0.3, 0.4) is 0 Å². The van der Waals surface area contributed by atoms with Crippen LogP contribution in [0.5, 0.6) is 0 Å². The molecule has 0 aromatic heterocycles.